The Balaban J connectivity index is 0.000000185. The average Bonchev–Trinajstić information content (AvgIpc) is 3.73. The fraction of sp³-hybridized carbons (Fsp3) is 0.357. The molecule has 1 N–H and O–H groups in total. The maximum absolute atomic E-state index is 11.1. The van der Waals surface area contributed by atoms with Crippen molar-refractivity contribution in [1.82, 2.24) is 4.98 Å². The van der Waals surface area contributed by atoms with Gasteiger partial charge in [0.2, 0.25) is 0 Å². The molecule has 1 aromatic heterocycles. The molecule has 1 heterocycles. The molecule has 2 aliphatic rings. The second-order valence-corrected chi connectivity index (χ2v) is 8.75. The number of rotatable bonds is 5. The summed E-state index contributed by atoms with van der Waals surface area (Å²) in [7, 11) is 5.25. The number of hydrogen-bond donors (Lipinski definition) is 1. The summed E-state index contributed by atoms with van der Waals surface area (Å²) in [6, 6.07) is 17.8. The number of aromatic nitrogens is 1. The minimum Gasteiger partial charge on any atom is -0.465 e. The van der Waals surface area contributed by atoms with Crippen LogP contribution in [0.25, 0.3) is 0 Å². The van der Waals surface area contributed by atoms with Gasteiger partial charge in [-0.2, -0.15) is 0 Å². The molecule has 1 saturated carbocycles. The lowest BCUT2D eigenvalue weighted by atomic mass is 9.91. The largest absolute Gasteiger partial charge is 0.465 e. The first-order valence-electron chi connectivity index (χ1n) is 11.8. The number of ether oxygens (including phenoxy) is 1. The fourth-order valence-electron chi connectivity index (χ4n) is 4.35. The molecule has 0 atom stereocenters. The predicted molar refractivity (Wildman–Crippen MR) is 135 cm³/mol. The highest BCUT2D eigenvalue weighted by Crippen LogP contribution is 2.40. The summed E-state index contributed by atoms with van der Waals surface area (Å²) in [6.45, 7) is 0. The summed E-state index contributed by atoms with van der Waals surface area (Å²) in [5.41, 5.74) is 8.39. The van der Waals surface area contributed by atoms with E-state index in [1.165, 1.54) is 62.6 Å². The van der Waals surface area contributed by atoms with Crippen LogP contribution >= 0.6 is 0 Å². The number of nitrogens with one attached hydrogen (secondary N) is 1. The van der Waals surface area contributed by atoms with Crippen LogP contribution in [-0.2, 0) is 17.6 Å². The van der Waals surface area contributed by atoms with Crippen LogP contribution in [0.15, 0.2) is 60.9 Å². The second kappa shape index (κ2) is 10.5. The van der Waals surface area contributed by atoms with E-state index in [9.17, 15) is 4.79 Å². The van der Waals surface area contributed by atoms with Crippen LogP contribution in [0.5, 0.6) is 0 Å². The molecular formula is C28H33N3O2. The van der Waals surface area contributed by atoms with Gasteiger partial charge in [0.15, 0.2) is 0 Å². The summed E-state index contributed by atoms with van der Waals surface area (Å²) >= 11 is 0. The number of methoxy groups -OCH3 is 1. The monoisotopic (exact) mass is 443 g/mol. The molecule has 5 heteroatoms. The van der Waals surface area contributed by atoms with Gasteiger partial charge in [-0.25, -0.2) is 4.79 Å². The Morgan fingerprint density at radius 3 is 2.36 bits per heavy atom. The van der Waals surface area contributed by atoms with Gasteiger partial charge in [0, 0.05) is 31.7 Å². The van der Waals surface area contributed by atoms with Gasteiger partial charge in [-0.05, 0) is 91.5 Å². The van der Waals surface area contributed by atoms with Crippen molar-refractivity contribution < 1.29 is 9.53 Å². The number of hydrogen-bond acceptors (Lipinski definition) is 5. The summed E-state index contributed by atoms with van der Waals surface area (Å²) < 4.78 is 4.57. The van der Waals surface area contributed by atoms with Crippen molar-refractivity contribution in [2.45, 2.75) is 44.4 Å². The number of fused-ring (bicyclic) bond motifs is 1. The van der Waals surface area contributed by atoms with Crippen LogP contribution in [-0.4, -0.2) is 32.2 Å². The van der Waals surface area contributed by atoms with E-state index in [1.807, 2.05) is 0 Å². The average molecular weight is 444 g/mol. The molecule has 5 rings (SSSR count). The van der Waals surface area contributed by atoms with Crippen LogP contribution in [0.1, 0.15) is 58.6 Å². The van der Waals surface area contributed by atoms with Crippen molar-refractivity contribution >= 4 is 23.0 Å². The maximum atomic E-state index is 11.1. The Morgan fingerprint density at radius 2 is 1.70 bits per heavy atom. The third kappa shape index (κ3) is 5.54. The van der Waals surface area contributed by atoms with E-state index >= 15 is 0 Å². The first kappa shape index (κ1) is 22.8. The van der Waals surface area contributed by atoms with Crippen molar-refractivity contribution in [1.29, 1.82) is 0 Å². The number of carbonyl (C=O) groups is 1. The highest BCUT2D eigenvalue weighted by molar-refractivity contribution is 5.95. The number of pyridine rings is 1. The lowest BCUT2D eigenvalue weighted by Gasteiger charge is -2.23. The van der Waals surface area contributed by atoms with Gasteiger partial charge in [0.1, 0.15) is 0 Å². The third-order valence-corrected chi connectivity index (χ3v) is 6.54. The molecule has 1 fully saturated rings. The Hall–Kier alpha value is -3.34. The zero-order valence-corrected chi connectivity index (χ0v) is 19.8. The van der Waals surface area contributed by atoms with Gasteiger partial charge in [0.05, 0.1) is 24.6 Å². The number of esters is 1. The molecule has 0 aliphatic heterocycles. The van der Waals surface area contributed by atoms with E-state index < -0.39 is 0 Å². The molecule has 33 heavy (non-hydrogen) atoms. The molecule has 2 aromatic carbocycles. The van der Waals surface area contributed by atoms with Gasteiger partial charge in [-0.3, -0.25) is 4.98 Å². The van der Waals surface area contributed by atoms with E-state index in [2.05, 4.69) is 69.4 Å². The smallest absolute Gasteiger partial charge is 0.340 e. The quantitative estimate of drug-likeness (QED) is 0.482. The summed E-state index contributed by atoms with van der Waals surface area (Å²) in [4.78, 5) is 17.3. The van der Waals surface area contributed by atoms with Crippen LogP contribution in [0, 0.1) is 0 Å². The highest BCUT2D eigenvalue weighted by Gasteiger charge is 2.23. The maximum Gasteiger partial charge on any atom is 0.340 e. The van der Waals surface area contributed by atoms with E-state index in [0.717, 1.165) is 5.92 Å². The lowest BCUT2D eigenvalue weighted by molar-refractivity contribution is 0.0601. The number of benzene rings is 2. The van der Waals surface area contributed by atoms with Crippen molar-refractivity contribution in [2.24, 2.45) is 0 Å². The van der Waals surface area contributed by atoms with Crippen LogP contribution < -0.4 is 10.2 Å². The SMILES string of the molecule is CN(c1ccc(C2CC2)cc1)c1ccc2c(c1)CCCC2.CNc1cnccc1C(=O)OC. The number of aryl methyl sites for hydroxylation is 2. The van der Waals surface area contributed by atoms with Gasteiger partial charge in [-0.1, -0.05) is 18.2 Å². The van der Waals surface area contributed by atoms with Gasteiger partial charge in [0.25, 0.3) is 0 Å². The summed E-state index contributed by atoms with van der Waals surface area (Å²) in [5.74, 6) is 0.481. The van der Waals surface area contributed by atoms with E-state index in [0.29, 0.717) is 11.3 Å². The Bertz CT molecular complexity index is 1090. The molecule has 5 nitrogen and oxygen atoms in total. The minimum atomic E-state index is -0.359. The molecule has 0 spiro atoms. The first-order chi connectivity index (χ1) is 16.1. The standard InChI is InChI=1S/C20H23N.C8H10N2O2/c1-21(19-11-8-17(9-12-19)16-6-7-16)20-13-10-15-4-2-3-5-18(15)14-20;1-9-7-5-10-4-3-6(7)8(11)12-2/h8-14,16H,2-7H2,1H3;3-5,9H,1-2H3. The molecule has 172 valence electrons. The van der Waals surface area contributed by atoms with Crippen LogP contribution in [0.3, 0.4) is 0 Å². The molecule has 0 radical (unpaired) electrons. The van der Waals surface area contributed by atoms with Crippen molar-refractivity contribution in [3.63, 3.8) is 0 Å². The van der Waals surface area contributed by atoms with Crippen LogP contribution in [0.2, 0.25) is 0 Å². The molecule has 0 bridgehead atoms. The molecule has 0 unspecified atom stereocenters. The molecule has 2 aliphatic carbocycles. The number of anilines is 3. The Morgan fingerprint density at radius 1 is 1.00 bits per heavy atom. The number of carbonyl (C=O) groups excluding carboxylic acids is 1. The first-order valence-corrected chi connectivity index (χ1v) is 11.8. The van der Waals surface area contributed by atoms with Gasteiger partial charge in [-0.15, -0.1) is 0 Å². The number of nitrogens with zero attached hydrogens (tertiary/aromatic N) is 2. The summed E-state index contributed by atoms with van der Waals surface area (Å²) in [5, 5.41) is 2.85. The fourth-order valence-corrected chi connectivity index (χ4v) is 4.35. The predicted octanol–water partition coefficient (Wildman–Crippen LogP) is 6.12. The minimum absolute atomic E-state index is 0.359. The topological polar surface area (TPSA) is 54.5 Å². The summed E-state index contributed by atoms with van der Waals surface area (Å²) in [6.07, 6.45) is 11.1. The van der Waals surface area contributed by atoms with Crippen molar-refractivity contribution in [3.8, 4) is 0 Å². The van der Waals surface area contributed by atoms with Crippen LogP contribution in [0.4, 0.5) is 17.1 Å². The molecule has 0 amide bonds. The molecule has 0 saturated heterocycles. The van der Waals surface area contributed by atoms with Gasteiger partial charge >= 0.3 is 5.97 Å². The van der Waals surface area contributed by atoms with E-state index in [4.69, 9.17) is 0 Å². The zero-order chi connectivity index (χ0) is 23.2. The van der Waals surface area contributed by atoms with Crippen molar-refractivity contribution in [2.75, 3.05) is 31.4 Å². The van der Waals surface area contributed by atoms with E-state index in [1.54, 1.807) is 36.6 Å². The third-order valence-electron chi connectivity index (χ3n) is 6.54. The zero-order valence-electron chi connectivity index (χ0n) is 19.8. The normalized spacial score (nSPS) is 14.4. The molecule has 3 aromatic rings. The van der Waals surface area contributed by atoms with E-state index in [-0.39, 0.29) is 5.97 Å². The highest BCUT2D eigenvalue weighted by atomic mass is 16.5. The second-order valence-electron chi connectivity index (χ2n) is 8.75. The lowest BCUT2D eigenvalue weighted by Crippen LogP contribution is -2.11. The molecular weight excluding hydrogens is 410 g/mol. The Labute approximate surface area is 196 Å². The van der Waals surface area contributed by atoms with Crippen molar-refractivity contribution in [3.05, 3.63) is 83.2 Å². The Kier molecular flexibility index (Phi) is 7.28. The van der Waals surface area contributed by atoms with Gasteiger partial charge < -0.3 is 15.0 Å².